The minimum atomic E-state index is -2.07. The van der Waals surface area contributed by atoms with Crippen LogP contribution in [-0.4, -0.2) is 238 Å². The van der Waals surface area contributed by atoms with Gasteiger partial charge in [0.2, 0.25) is 94.5 Å². The Morgan fingerprint density at radius 2 is 1.12 bits per heavy atom. The summed E-state index contributed by atoms with van der Waals surface area (Å²) in [6.07, 6.45) is 3.22. The number of thioether (sulfide) groups is 1. The predicted molar refractivity (Wildman–Crippen MR) is 473 cm³/mol. The van der Waals surface area contributed by atoms with Gasteiger partial charge in [-0.3, -0.25) is 81.5 Å². The summed E-state index contributed by atoms with van der Waals surface area (Å²) in [5, 5.41) is 55.5. The number of nitrogens with one attached hydrogen (secondary N) is 13. The number of amides is 16. The molecule has 4 aliphatic rings. The van der Waals surface area contributed by atoms with Crippen molar-refractivity contribution in [3.8, 4) is 5.75 Å². The van der Waals surface area contributed by atoms with Gasteiger partial charge in [-0.05, 0) is 122 Å². The van der Waals surface area contributed by atoms with E-state index < -0.39 is 224 Å². The fourth-order valence-corrected chi connectivity index (χ4v) is 17.7. The summed E-state index contributed by atoms with van der Waals surface area (Å²) in [6, 6.07) is 6.89. The molecule has 16 amide bonds. The van der Waals surface area contributed by atoms with Crippen LogP contribution in [0, 0.1) is 11.8 Å². The number of aromatic nitrogens is 1. The molecule has 2 saturated carbocycles. The number of H-pyrrole nitrogens is 1. The summed E-state index contributed by atoms with van der Waals surface area (Å²) in [6.45, 7) is 1.05. The van der Waals surface area contributed by atoms with Gasteiger partial charge in [0.05, 0.1) is 25.0 Å². The topological polar surface area (TPSA) is 665 Å². The second-order valence-electron chi connectivity index (χ2n) is 33.5. The number of carbonyl (C=O) groups is 17. The van der Waals surface area contributed by atoms with Gasteiger partial charge in [0, 0.05) is 100 Å². The average molecular weight is 1810 g/mol. The number of para-hydroxylation sites is 1. The smallest absolute Gasteiger partial charge is 0.303 e. The largest absolute Gasteiger partial charge is 0.492 e. The highest BCUT2D eigenvalue weighted by Crippen LogP contribution is 2.38. The Morgan fingerprint density at radius 3 is 1.75 bits per heavy atom. The van der Waals surface area contributed by atoms with Gasteiger partial charge in [-0.15, -0.1) is 0 Å². The summed E-state index contributed by atoms with van der Waals surface area (Å²) in [7, 11) is 0. The zero-order valence-corrected chi connectivity index (χ0v) is 73.0. The maximum absolute atomic E-state index is 15.9. The highest BCUT2D eigenvalue weighted by Gasteiger charge is 2.46. The first-order valence-corrected chi connectivity index (χ1v) is 44.8. The Hall–Kier alpha value is -12.3. The van der Waals surface area contributed by atoms with Crippen molar-refractivity contribution in [1.82, 2.24) is 68.8 Å². The number of carbonyl (C=O) groups excluding carboxylic acids is 16. The molecule has 12 unspecified atom stereocenters. The van der Waals surface area contributed by atoms with Gasteiger partial charge < -0.3 is 123 Å². The van der Waals surface area contributed by atoms with Gasteiger partial charge in [-0.2, -0.15) is 11.8 Å². The van der Waals surface area contributed by atoms with Crippen molar-refractivity contribution in [2.75, 3.05) is 37.9 Å². The normalized spacial score (nSPS) is 21.9. The number of benzene rings is 4. The molecule has 5 aromatic rings. The third kappa shape index (κ3) is 31.0. The van der Waals surface area contributed by atoms with Crippen molar-refractivity contribution in [3.63, 3.8) is 0 Å². The van der Waals surface area contributed by atoms with Gasteiger partial charge in [0.1, 0.15) is 78.3 Å². The summed E-state index contributed by atoms with van der Waals surface area (Å²) in [5.74, 6) is -17.3. The highest BCUT2D eigenvalue weighted by atomic mass is 32.2. The Kier molecular flexibility index (Phi) is 38.4. The van der Waals surface area contributed by atoms with Gasteiger partial charge in [-0.1, -0.05) is 111 Å². The van der Waals surface area contributed by atoms with Crippen molar-refractivity contribution in [2.45, 2.75) is 245 Å². The molecule has 2 aliphatic heterocycles. The van der Waals surface area contributed by atoms with E-state index in [1.54, 1.807) is 91.1 Å². The van der Waals surface area contributed by atoms with Crippen molar-refractivity contribution < 1.29 is 101 Å². The monoisotopic (exact) mass is 1810 g/mol. The van der Waals surface area contributed by atoms with E-state index >= 15 is 33.6 Å². The quantitative estimate of drug-likeness (QED) is 0.0186. The Labute approximate surface area is 749 Å². The lowest BCUT2D eigenvalue weighted by Gasteiger charge is -2.38. The number of carboxylic acid groups (broad SMARTS) is 1. The van der Waals surface area contributed by atoms with Crippen molar-refractivity contribution >= 4 is 134 Å². The Balaban J connectivity index is 1.09. The van der Waals surface area contributed by atoms with E-state index in [0.717, 1.165) is 55.7 Å². The summed E-state index contributed by atoms with van der Waals surface area (Å²) < 4.78 is 11.5. The van der Waals surface area contributed by atoms with E-state index in [-0.39, 0.29) is 88.9 Å². The number of nitrogens with two attached hydrogens (primary N) is 6. The molecule has 0 radical (unpaired) electrons. The first kappa shape index (κ1) is 100. The number of ether oxygens (including phenoxy) is 2. The molecule has 2 aliphatic carbocycles. The van der Waals surface area contributed by atoms with E-state index in [4.69, 9.17) is 43.9 Å². The van der Waals surface area contributed by atoms with Crippen LogP contribution in [0.1, 0.15) is 158 Å². The predicted octanol–water partition coefficient (Wildman–Crippen LogP) is -2.16. The van der Waals surface area contributed by atoms with Crippen molar-refractivity contribution in [3.05, 3.63) is 114 Å². The number of aliphatic carboxylic acids is 1. The number of rotatable bonds is 39. The molecule has 3 heterocycles. The molecule has 12 atom stereocenters. The Bertz CT molecular complexity index is 4800. The van der Waals surface area contributed by atoms with E-state index in [2.05, 4.69) is 68.8 Å². The number of aromatic amines is 1. The minimum Gasteiger partial charge on any atom is -0.492 e. The third-order valence-corrected chi connectivity index (χ3v) is 24.9. The zero-order valence-electron chi connectivity index (χ0n) is 72.1. The van der Waals surface area contributed by atoms with Crippen molar-refractivity contribution in [2.24, 2.45) is 46.2 Å². The number of carboxylic acids is 1. The maximum atomic E-state index is 15.9. The number of hydrogen-bond acceptors (Lipinski definition) is 23. The standard InChI is InChI=1S/C88H121N19O21S/c1-48(108)75-86(125)103-67(43-55-46-95-59-15-9-8-14-58(55)59)82(121)98-60(26-29-70(90)109)77(116)104-69(47-129-39-32-63(79(118)97-61(80(119)106-75)27-30-71(91)110)96-56-22-20-53(21-23-56)51-10-4-2-3-5-11-51)84(123)100-65(41-49-17-24-57(25-18-49)128-38-35-89)81(120)101-66(42-50-16-19-52-12-6-7-13-54(52)40-50)85(124)107-88(33-36-127-37-34-88)87(126)105-62(28-31-74(113)114)78(117)102-68(45-73(93)112)83(122)99-64(76(94)115)44-72(92)111/h6-9,12-19,24-25,40,46,48,51,53,56,60-69,75,95-96,108H,2-5,10-11,20-23,26-39,41-45,47,89H2,1H3,(H2,90,109)(H2,91,110)(H2,92,111)(H2,93,112)(H2,94,115)(H,97,118)(H,98,121)(H,99,122)(H,100,123)(H,101,120)(H,102,117)(H,103,125)(H,104,116)(H,105,126)(H,106,119)(H,107,124)(H,113,114). The molecule has 4 fully saturated rings. The van der Waals surface area contributed by atoms with Crippen LogP contribution in [-0.2, 0) is 106 Å². The first-order valence-electron chi connectivity index (χ1n) is 43.7. The van der Waals surface area contributed by atoms with E-state index in [0.29, 0.717) is 63.4 Å². The van der Waals surface area contributed by atoms with Gasteiger partial charge in [0.25, 0.3) is 0 Å². The van der Waals surface area contributed by atoms with Crippen LogP contribution in [0.2, 0.25) is 0 Å². The molecular formula is C88H121N19O21S. The summed E-state index contributed by atoms with van der Waals surface area (Å²) in [4.78, 5) is 243. The number of fused-ring (bicyclic) bond motifs is 2. The molecule has 40 nitrogen and oxygen atoms in total. The molecular weight excluding hydrogens is 1690 g/mol. The molecule has 41 heteroatoms. The summed E-state index contributed by atoms with van der Waals surface area (Å²) in [5.41, 5.74) is 33.1. The second kappa shape index (κ2) is 49.3. The average Bonchev–Trinajstić information content (AvgIpc) is 1.79. The van der Waals surface area contributed by atoms with Crippen LogP contribution in [0.4, 0.5) is 0 Å². The molecule has 0 spiro atoms. The SMILES string of the molecule is CC(O)C1NC(=O)C(CCC(N)=O)NC(=O)C(NC2CCC(C3CCCCCC3)CC2)CCSCC(C(=O)NC(Cc2ccc(OCCN)cc2)C(=O)NC(Cc2ccc3ccccc3c2)C(=O)NC2(C(=O)NC(CCC(=O)O)C(=O)NC(CC(N)=O)C(=O)NC(CC(N)=O)C(N)=O)CCOCC2)NC(=O)C(CCC(N)=O)NC(=O)C(Cc2c[nH]c3ccccc23)NC1=O. The van der Waals surface area contributed by atoms with E-state index in [1.165, 1.54) is 19.8 Å². The molecule has 0 bridgehead atoms. The lowest BCUT2D eigenvalue weighted by atomic mass is 9.75. The molecule has 1 aromatic heterocycles. The zero-order chi connectivity index (χ0) is 93.4. The fourth-order valence-electron chi connectivity index (χ4n) is 16.6. The fraction of sp³-hybridized carbons (Fsp3) is 0.534. The lowest BCUT2D eigenvalue weighted by molar-refractivity contribution is -0.142. The maximum Gasteiger partial charge on any atom is 0.303 e. The molecule has 700 valence electrons. The number of aliphatic hydroxyl groups excluding tert-OH is 1. The van der Waals surface area contributed by atoms with Crippen LogP contribution in [0.5, 0.6) is 5.75 Å². The molecule has 9 rings (SSSR count). The van der Waals surface area contributed by atoms with Gasteiger partial charge in [0.15, 0.2) is 0 Å². The number of hydrogen-bond donors (Lipinski definition) is 21. The molecule has 129 heavy (non-hydrogen) atoms. The summed E-state index contributed by atoms with van der Waals surface area (Å²) >= 11 is 1.07. The second-order valence-corrected chi connectivity index (χ2v) is 34.6. The molecule has 4 aromatic carbocycles. The molecule has 27 N–H and O–H groups in total. The minimum absolute atomic E-state index is 0.0194. The number of primary amides is 5. The van der Waals surface area contributed by atoms with Crippen LogP contribution < -0.4 is 103 Å². The van der Waals surface area contributed by atoms with Crippen LogP contribution in [0.25, 0.3) is 21.7 Å². The third-order valence-electron chi connectivity index (χ3n) is 23.8. The van der Waals surface area contributed by atoms with Crippen molar-refractivity contribution in [1.29, 1.82) is 0 Å². The van der Waals surface area contributed by atoms with Crippen LogP contribution >= 0.6 is 11.8 Å². The van der Waals surface area contributed by atoms with Gasteiger partial charge >= 0.3 is 5.97 Å². The Morgan fingerprint density at radius 1 is 0.558 bits per heavy atom. The first-order chi connectivity index (χ1) is 61.6. The lowest BCUT2D eigenvalue weighted by Crippen LogP contribution is -2.67. The number of aliphatic hydroxyl groups is 1. The highest BCUT2D eigenvalue weighted by molar-refractivity contribution is 7.99. The van der Waals surface area contributed by atoms with E-state index in [1.807, 2.05) is 6.07 Å². The van der Waals surface area contributed by atoms with Gasteiger partial charge in [-0.25, -0.2) is 0 Å². The molecule has 2 saturated heterocycles. The van der Waals surface area contributed by atoms with Crippen LogP contribution in [0.3, 0.4) is 0 Å². The van der Waals surface area contributed by atoms with E-state index in [9.17, 15) is 58.2 Å². The van der Waals surface area contributed by atoms with Crippen LogP contribution in [0.15, 0.2) is 97.2 Å².